The summed E-state index contributed by atoms with van der Waals surface area (Å²) < 4.78 is 15.8. The van der Waals surface area contributed by atoms with E-state index in [0.29, 0.717) is 12.8 Å². The Balaban J connectivity index is 2.37. The van der Waals surface area contributed by atoms with Gasteiger partial charge in [-0.15, -0.1) is 0 Å². The normalized spacial score (nSPS) is 30.4. The van der Waals surface area contributed by atoms with Crippen molar-refractivity contribution in [3.63, 3.8) is 0 Å². The molecule has 1 N–H and O–H groups in total. The molecular formula is C11H20O5. The minimum Gasteiger partial charge on any atom is -0.463 e. The second kappa shape index (κ2) is 6.18. The van der Waals surface area contributed by atoms with Crippen molar-refractivity contribution in [2.24, 2.45) is 0 Å². The maximum atomic E-state index is 10.7. The first-order valence-corrected chi connectivity index (χ1v) is 5.61. The third kappa shape index (κ3) is 4.47. The Morgan fingerprint density at radius 3 is 2.75 bits per heavy atom. The molecule has 5 heteroatoms. The molecule has 0 unspecified atom stereocenters. The molecular weight excluding hydrogens is 212 g/mol. The zero-order valence-electron chi connectivity index (χ0n) is 10.0. The summed E-state index contributed by atoms with van der Waals surface area (Å²) in [7, 11) is 0. The maximum absolute atomic E-state index is 10.7. The Morgan fingerprint density at radius 2 is 2.19 bits per heavy atom. The molecule has 1 rings (SSSR count). The van der Waals surface area contributed by atoms with Gasteiger partial charge in [0, 0.05) is 6.92 Å². The SMILES string of the molecule is CC(=O)OC[C@@H]1CC[C@@H](O)[C@@H](OC(C)C)O1. The second-order valence-electron chi connectivity index (χ2n) is 4.26. The molecule has 1 fully saturated rings. The Kier molecular flexibility index (Phi) is 5.18. The highest BCUT2D eigenvalue weighted by molar-refractivity contribution is 5.65. The van der Waals surface area contributed by atoms with Gasteiger partial charge in [0.05, 0.1) is 12.2 Å². The lowest BCUT2D eigenvalue weighted by Gasteiger charge is -2.34. The average Bonchev–Trinajstić information content (AvgIpc) is 2.18. The van der Waals surface area contributed by atoms with Crippen molar-refractivity contribution in [2.75, 3.05) is 6.61 Å². The summed E-state index contributed by atoms with van der Waals surface area (Å²) in [6, 6.07) is 0. The summed E-state index contributed by atoms with van der Waals surface area (Å²) in [5.74, 6) is -0.323. The van der Waals surface area contributed by atoms with Crippen LogP contribution in [-0.4, -0.2) is 42.3 Å². The van der Waals surface area contributed by atoms with E-state index in [1.165, 1.54) is 6.92 Å². The number of esters is 1. The molecule has 0 radical (unpaired) electrons. The third-order valence-corrected chi connectivity index (χ3v) is 2.30. The summed E-state index contributed by atoms with van der Waals surface area (Å²) >= 11 is 0. The number of aliphatic hydroxyl groups excluding tert-OH is 1. The number of rotatable bonds is 4. The van der Waals surface area contributed by atoms with E-state index in [-0.39, 0.29) is 24.8 Å². The molecule has 0 saturated carbocycles. The molecule has 1 aliphatic rings. The van der Waals surface area contributed by atoms with E-state index >= 15 is 0 Å². The van der Waals surface area contributed by atoms with E-state index in [4.69, 9.17) is 14.2 Å². The second-order valence-corrected chi connectivity index (χ2v) is 4.26. The minimum absolute atomic E-state index is 0.00729. The van der Waals surface area contributed by atoms with Crippen LogP contribution < -0.4 is 0 Å². The molecule has 0 amide bonds. The van der Waals surface area contributed by atoms with E-state index in [0.717, 1.165) is 0 Å². The maximum Gasteiger partial charge on any atom is 0.302 e. The number of hydrogen-bond acceptors (Lipinski definition) is 5. The van der Waals surface area contributed by atoms with Gasteiger partial charge in [-0.05, 0) is 26.7 Å². The highest BCUT2D eigenvalue weighted by Crippen LogP contribution is 2.21. The Morgan fingerprint density at radius 1 is 1.50 bits per heavy atom. The third-order valence-electron chi connectivity index (χ3n) is 2.30. The number of carbonyl (C=O) groups is 1. The van der Waals surface area contributed by atoms with Gasteiger partial charge in [0.1, 0.15) is 12.7 Å². The molecule has 0 bridgehead atoms. The Hall–Kier alpha value is -0.650. The zero-order valence-corrected chi connectivity index (χ0v) is 10.0. The van der Waals surface area contributed by atoms with Gasteiger partial charge in [-0.3, -0.25) is 4.79 Å². The summed E-state index contributed by atoms with van der Waals surface area (Å²) in [5, 5.41) is 9.66. The van der Waals surface area contributed by atoms with Gasteiger partial charge in [-0.2, -0.15) is 0 Å². The fraction of sp³-hybridized carbons (Fsp3) is 0.909. The molecule has 16 heavy (non-hydrogen) atoms. The minimum atomic E-state index is -0.616. The van der Waals surface area contributed by atoms with Crippen LogP contribution in [-0.2, 0) is 19.0 Å². The molecule has 0 aliphatic carbocycles. The number of ether oxygens (including phenoxy) is 3. The van der Waals surface area contributed by atoms with Crippen LogP contribution in [0.4, 0.5) is 0 Å². The van der Waals surface area contributed by atoms with Crippen molar-refractivity contribution >= 4 is 5.97 Å². The molecule has 0 aromatic rings. The molecule has 5 nitrogen and oxygen atoms in total. The van der Waals surface area contributed by atoms with Gasteiger partial charge < -0.3 is 19.3 Å². The van der Waals surface area contributed by atoms with Crippen molar-refractivity contribution in [3.05, 3.63) is 0 Å². The Bertz CT molecular complexity index is 228. The number of hydrogen-bond donors (Lipinski definition) is 1. The predicted octanol–water partition coefficient (Wildman–Crippen LogP) is 0.840. The topological polar surface area (TPSA) is 65.0 Å². The smallest absolute Gasteiger partial charge is 0.302 e. The molecule has 3 atom stereocenters. The number of aliphatic hydroxyl groups is 1. The molecule has 1 aliphatic heterocycles. The first kappa shape index (κ1) is 13.4. The van der Waals surface area contributed by atoms with Crippen LogP contribution >= 0.6 is 0 Å². The molecule has 1 saturated heterocycles. The summed E-state index contributed by atoms with van der Waals surface area (Å²) in [6.07, 6.45) is -0.135. The quantitative estimate of drug-likeness (QED) is 0.728. The van der Waals surface area contributed by atoms with Gasteiger partial charge in [0.25, 0.3) is 0 Å². The number of carbonyl (C=O) groups excluding carboxylic acids is 1. The first-order chi connectivity index (χ1) is 7.49. The van der Waals surface area contributed by atoms with Crippen LogP contribution in [0.1, 0.15) is 33.6 Å². The van der Waals surface area contributed by atoms with Crippen LogP contribution in [0.15, 0.2) is 0 Å². The van der Waals surface area contributed by atoms with Crippen LogP contribution in [0.5, 0.6) is 0 Å². The molecule has 1 heterocycles. The monoisotopic (exact) mass is 232 g/mol. The van der Waals surface area contributed by atoms with Crippen LogP contribution in [0.25, 0.3) is 0 Å². The summed E-state index contributed by atoms with van der Waals surface area (Å²) in [5.41, 5.74) is 0. The summed E-state index contributed by atoms with van der Waals surface area (Å²) in [4.78, 5) is 10.7. The van der Waals surface area contributed by atoms with Crippen molar-refractivity contribution in [1.82, 2.24) is 0 Å². The molecule has 0 aromatic heterocycles. The lowest BCUT2D eigenvalue weighted by molar-refractivity contribution is -0.257. The van der Waals surface area contributed by atoms with Crippen molar-refractivity contribution in [1.29, 1.82) is 0 Å². The van der Waals surface area contributed by atoms with Crippen molar-refractivity contribution in [2.45, 2.75) is 58.2 Å². The average molecular weight is 232 g/mol. The van der Waals surface area contributed by atoms with E-state index in [9.17, 15) is 9.90 Å². The molecule has 94 valence electrons. The highest BCUT2D eigenvalue weighted by atomic mass is 16.7. The van der Waals surface area contributed by atoms with E-state index in [1.807, 2.05) is 13.8 Å². The van der Waals surface area contributed by atoms with E-state index in [2.05, 4.69) is 0 Å². The van der Waals surface area contributed by atoms with Crippen LogP contribution in [0.3, 0.4) is 0 Å². The van der Waals surface area contributed by atoms with Gasteiger partial charge in [0.15, 0.2) is 6.29 Å². The van der Waals surface area contributed by atoms with E-state index < -0.39 is 12.4 Å². The standard InChI is InChI=1S/C11H20O5/c1-7(2)15-11-10(13)5-4-9(16-11)6-14-8(3)12/h7,9-11,13H,4-6H2,1-3H3/t9-,10+,11-/m0/s1. The first-order valence-electron chi connectivity index (χ1n) is 5.61. The van der Waals surface area contributed by atoms with Gasteiger partial charge in [-0.1, -0.05) is 0 Å². The van der Waals surface area contributed by atoms with Gasteiger partial charge in [0.2, 0.25) is 0 Å². The van der Waals surface area contributed by atoms with Crippen molar-refractivity contribution in [3.8, 4) is 0 Å². The van der Waals surface area contributed by atoms with E-state index in [1.54, 1.807) is 0 Å². The summed E-state index contributed by atoms with van der Waals surface area (Å²) in [6.45, 7) is 5.34. The fourth-order valence-corrected chi connectivity index (χ4v) is 1.57. The highest BCUT2D eigenvalue weighted by Gasteiger charge is 2.31. The van der Waals surface area contributed by atoms with Crippen molar-refractivity contribution < 1.29 is 24.1 Å². The van der Waals surface area contributed by atoms with Gasteiger partial charge >= 0.3 is 5.97 Å². The molecule has 0 spiro atoms. The molecule has 0 aromatic carbocycles. The fourth-order valence-electron chi connectivity index (χ4n) is 1.57. The Labute approximate surface area is 95.7 Å². The predicted molar refractivity (Wildman–Crippen MR) is 56.8 cm³/mol. The zero-order chi connectivity index (χ0) is 12.1. The van der Waals surface area contributed by atoms with Crippen LogP contribution in [0, 0.1) is 0 Å². The lowest BCUT2D eigenvalue weighted by atomic mass is 10.1. The lowest BCUT2D eigenvalue weighted by Crippen LogP contribution is -2.43. The largest absolute Gasteiger partial charge is 0.463 e. The van der Waals surface area contributed by atoms with Gasteiger partial charge in [-0.25, -0.2) is 0 Å². The van der Waals surface area contributed by atoms with Crippen LogP contribution in [0.2, 0.25) is 0 Å².